The predicted octanol–water partition coefficient (Wildman–Crippen LogP) is 12.6. The van der Waals surface area contributed by atoms with Crippen LogP contribution < -0.4 is 0 Å². The van der Waals surface area contributed by atoms with Crippen molar-refractivity contribution in [3.8, 4) is 39.9 Å². The van der Waals surface area contributed by atoms with Crippen LogP contribution in [0.25, 0.3) is 105 Å². The second kappa shape index (κ2) is 11.7. The van der Waals surface area contributed by atoms with Gasteiger partial charge < -0.3 is 4.57 Å². The molecule has 4 nitrogen and oxygen atoms in total. The number of hydrogen-bond acceptors (Lipinski definition) is 3. The Morgan fingerprint density at radius 1 is 0.321 bits per heavy atom. The van der Waals surface area contributed by atoms with E-state index in [1.807, 2.05) is 18.2 Å². The molecule has 0 radical (unpaired) electrons. The van der Waals surface area contributed by atoms with Gasteiger partial charge in [0.15, 0.2) is 17.5 Å². The van der Waals surface area contributed by atoms with Gasteiger partial charge in [-0.1, -0.05) is 158 Å². The Kier molecular flexibility index (Phi) is 6.52. The van der Waals surface area contributed by atoms with E-state index in [4.69, 9.17) is 15.0 Å². The molecule has 53 heavy (non-hydrogen) atoms. The fourth-order valence-corrected chi connectivity index (χ4v) is 8.11. The van der Waals surface area contributed by atoms with Crippen LogP contribution in [-0.4, -0.2) is 19.5 Å². The first-order chi connectivity index (χ1) is 26.3. The van der Waals surface area contributed by atoms with E-state index in [9.17, 15) is 0 Å². The molecule has 0 aliphatic heterocycles. The highest BCUT2D eigenvalue weighted by molar-refractivity contribution is 6.21. The molecule has 0 bridgehead atoms. The average molecular weight is 675 g/mol. The summed E-state index contributed by atoms with van der Waals surface area (Å²) >= 11 is 0. The highest BCUT2D eigenvalue weighted by atomic mass is 15.0. The molecule has 0 saturated heterocycles. The second-order valence-electron chi connectivity index (χ2n) is 13.6. The van der Waals surface area contributed by atoms with Crippen LogP contribution in [0.15, 0.2) is 182 Å². The molecule has 0 atom stereocenters. The van der Waals surface area contributed by atoms with Gasteiger partial charge in [0.25, 0.3) is 0 Å². The van der Waals surface area contributed by atoms with E-state index >= 15 is 0 Å². The van der Waals surface area contributed by atoms with Crippen LogP contribution in [0.3, 0.4) is 0 Å². The van der Waals surface area contributed by atoms with Crippen molar-refractivity contribution < 1.29 is 0 Å². The van der Waals surface area contributed by atoms with Crippen molar-refractivity contribution in [2.45, 2.75) is 0 Å². The highest BCUT2D eigenvalue weighted by Crippen LogP contribution is 2.38. The number of para-hydroxylation sites is 1. The van der Waals surface area contributed by atoms with Gasteiger partial charge in [0.2, 0.25) is 0 Å². The number of fused-ring (bicyclic) bond motifs is 10. The van der Waals surface area contributed by atoms with Gasteiger partial charge in [0.1, 0.15) is 0 Å². The summed E-state index contributed by atoms with van der Waals surface area (Å²) in [6.45, 7) is 0. The van der Waals surface area contributed by atoms with Gasteiger partial charge >= 0.3 is 0 Å². The highest BCUT2D eigenvalue weighted by Gasteiger charge is 2.18. The van der Waals surface area contributed by atoms with Crippen LogP contribution in [0.4, 0.5) is 0 Å². The topological polar surface area (TPSA) is 43.6 Å². The lowest BCUT2D eigenvalue weighted by Gasteiger charge is -2.13. The molecule has 0 fully saturated rings. The Morgan fingerprint density at radius 2 is 0.868 bits per heavy atom. The number of benzene rings is 9. The molecule has 0 N–H and O–H groups in total. The smallest absolute Gasteiger partial charge is 0.164 e. The minimum atomic E-state index is 0.630. The minimum Gasteiger partial charge on any atom is -0.309 e. The molecule has 246 valence electrons. The van der Waals surface area contributed by atoms with Gasteiger partial charge in [-0.05, 0) is 62.0 Å². The fraction of sp³-hybridized carbons (Fsp3) is 0. The normalized spacial score (nSPS) is 11.8. The van der Waals surface area contributed by atoms with E-state index in [-0.39, 0.29) is 0 Å². The van der Waals surface area contributed by atoms with Crippen LogP contribution in [0.1, 0.15) is 0 Å². The third-order valence-corrected chi connectivity index (χ3v) is 10.6. The Hall–Kier alpha value is -7.17. The summed E-state index contributed by atoms with van der Waals surface area (Å²) in [6.07, 6.45) is 0. The summed E-state index contributed by atoms with van der Waals surface area (Å²) in [6, 6.07) is 64.5. The number of rotatable bonds is 4. The second-order valence-corrected chi connectivity index (χ2v) is 13.6. The van der Waals surface area contributed by atoms with Crippen molar-refractivity contribution in [2.75, 3.05) is 0 Å². The zero-order valence-electron chi connectivity index (χ0n) is 28.6. The van der Waals surface area contributed by atoms with Gasteiger partial charge in [-0.15, -0.1) is 0 Å². The molecule has 0 aliphatic carbocycles. The molecule has 0 amide bonds. The molecule has 4 heteroatoms. The van der Waals surface area contributed by atoms with Crippen molar-refractivity contribution in [2.24, 2.45) is 0 Å². The van der Waals surface area contributed by atoms with Gasteiger partial charge in [-0.2, -0.15) is 0 Å². The van der Waals surface area contributed by atoms with Crippen LogP contribution in [0.5, 0.6) is 0 Å². The summed E-state index contributed by atoms with van der Waals surface area (Å²) in [7, 11) is 0. The van der Waals surface area contributed by atoms with Crippen LogP contribution in [0, 0.1) is 0 Å². The first kappa shape index (κ1) is 29.5. The molecule has 0 aliphatic rings. The zero-order valence-corrected chi connectivity index (χ0v) is 28.6. The third-order valence-electron chi connectivity index (χ3n) is 10.6. The lowest BCUT2D eigenvalue weighted by molar-refractivity contribution is 1.07. The van der Waals surface area contributed by atoms with Crippen LogP contribution in [-0.2, 0) is 0 Å². The molecular formula is C49H30N4. The van der Waals surface area contributed by atoms with E-state index in [0.717, 1.165) is 33.3 Å². The van der Waals surface area contributed by atoms with Gasteiger partial charge in [-0.3, -0.25) is 0 Å². The van der Waals surface area contributed by atoms with Crippen molar-refractivity contribution >= 4 is 64.9 Å². The number of hydrogen-bond donors (Lipinski definition) is 0. The van der Waals surface area contributed by atoms with E-state index in [2.05, 4.69) is 168 Å². The van der Waals surface area contributed by atoms with Gasteiger partial charge in [-0.25, -0.2) is 15.0 Å². The molecule has 11 aromatic rings. The minimum absolute atomic E-state index is 0.630. The van der Waals surface area contributed by atoms with Crippen molar-refractivity contribution in [1.82, 2.24) is 19.5 Å². The summed E-state index contributed by atoms with van der Waals surface area (Å²) in [5, 5.41) is 12.2. The van der Waals surface area contributed by atoms with Gasteiger partial charge in [0.05, 0.1) is 11.0 Å². The molecule has 0 unspecified atom stereocenters. The van der Waals surface area contributed by atoms with E-state index in [0.29, 0.717) is 17.5 Å². The van der Waals surface area contributed by atoms with E-state index in [1.54, 1.807) is 0 Å². The SMILES string of the molecule is c1ccc(-c2nc(-c3cccc(-n4c5ccccc5c5ccc6ccccc6c54)c3)nc(-c3ccc4c(ccc5ccc6ccccc6c54)c3)n2)cc1. The summed E-state index contributed by atoms with van der Waals surface area (Å²) in [5.41, 5.74) is 6.22. The Balaban J connectivity index is 1.11. The summed E-state index contributed by atoms with van der Waals surface area (Å²) in [4.78, 5) is 15.4. The van der Waals surface area contributed by atoms with Crippen molar-refractivity contribution in [3.05, 3.63) is 182 Å². The molecule has 11 rings (SSSR count). The lowest BCUT2D eigenvalue weighted by atomic mass is 9.95. The maximum atomic E-state index is 5.18. The Labute approximate surface area is 305 Å². The van der Waals surface area contributed by atoms with Crippen LogP contribution in [0.2, 0.25) is 0 Å². The Bertz CT molecular complexity index is 3230. The fourth-order valence-electron chi connectivity index (χ4n) is 8.11. The first-order valence-electron chi connectivity index (χ1n) is 17.9. The quantitative estimate of drug-likeness (QED) is 0.175. The van der Waals surface area contributed by atoms with Crippen LogP contribution >= 0.6 is 0 Å². The number of nitrogens with zero attached hydrogens (tertiary/aromatic N) is 4. The monoisotopic (exact) mass is 674 g/mol. The zero-order chi connectivity index (χ0) is 34.9. The average Bonchev–Trinajstić information content (AvgIpc) is 3.58. The molecule has 2 aromatic heterocycles. The van der Waals surface area contributed by atoms with Crippen molar-refractivity contribution in [1.29, 1.82) is 0 Å². The molecule has 0 spiro atoms. The molecule has 2 heterocycles. The van der Waals surface area contributed by atoms with E-state index < -0.39 is 0 Å². The summed E-state index contributed by atoms with van der Waals surface area (Å²) in [5.74, 6) is 1.91. The third kappa shape index (κ3) is 4.73. The maximum Gasteiger partial charge on any atom is 0.164 e. The molecule has 0 saturated carbocycles. The van der Waals surface area contributed by atoms with Crippen molar-refractivity contribution in [3.63, 3.8) is 0 Å². The number of aromatic nitrogens is 4. The maximum absolute atomic E-state index is 5.18. The first-order valence-corrected chi connectivity index (χ1v) is 17.9. The summed E-state index contributed by atoms with van der Waals surface area (Å²) < 4.78 is 2.38. The predicted molar refractivity (Wildman–Crippen MR) is 220 cm³/mol. The van der Waals surface area contributed by atoms with E-state index in [1.165, 1.54) is 54.0 Å². The lowest BCUT2D eigenvalue weighted by Crippen LogP contribution is -2.01. The standard InChI is InChI=1S/C49H30N4/c1-2-13-34(14-3-1)47-50-48(52-49(51-47)37-26-27-40-35(29-37)24-23-33-22-21-31-11-4-6-17-39(31)45(33)40)36-15-10-16-38(30-36)53-44-20-9-8-19-42(44)43-28-25-32-12-5-7-18-41(32)46(43)53/h1-30H. The van der Waals surface area contributed by atoms with Gasteiger partial charge in [0, 0.05) is 38.5 Å². The molecular weight excluding hydrogens is 645 g/mol. The molecule has 9 aromatic carbocycles. The Morgan fingerprint density at radius 3 is 1.68 bits per heavy atom. The largest absolute Gasteiger partial charge is 0.309 e.